The highest BCUT2D eigenvalue weighted by Crippen LogP contribution is 2.37. The Hall–Kier alpha value is -3.12. The Labute approximate surface area is 195 Å². The molecule has 3 heterocycles. The van der Waals surface area contributed by atoms with Crippen molar-refractivity contribution in [3.8, 4) is 11.3 Å². The van der Waals surface area contributed by atoms with Crippen LogP contribution in [0.25, 0.3) is 33.1 Å². The average molecular weight is 444 g/mol. The van der Waals surface area contributed by atoms with Crippen LogP contribution in [0.2, 0.25) is 0 Å². The van der Waals surface area contributed by atoms with Crippen molar-refractivity contribution in [1.82, 2.24) is 24.6 Å². The molecule has 0 saturated carbocycles. The second kappa shape index (κ2) is 8.67. The molecular formula is C27H33N5O. The second-order valence-electron chi connectivity index (χ2n) is 9.54. The number of hydrogen-bond donors (Lipinski definition) is 1. The number of likely N-dealkylation sites (tertiary alicyclic amines) is 1. The van der Waals surface area contributed by atoms with E-state index in [2.05, 4.69) is 53.4 Å². The number of aromatic amines is 1. The van der Waals surface area contributed by atoms with Crippen molar-refractivity contribution in [3.63, 3.8) is 0 Å². The highest BCUT2D eigenvalue weighted by atomic mass is 16.2. The van der Waals surface area contributed by atoms with Crippen LogP contribution in [-0.4, -0.2) is 64.2 Å². The number of nitrogens with one attached hydrogen (secondary N) is 1. The van der Waals surface area contributed by atoms with Crippen LogP contribution in [0.3, 0.4) is 0 Å². The van der Waals surface area contributed by atoms with Crippen molar-refractivity contribution in [3.05, 3.63) is 53.7 Å². The first-order chi connectivity index (χ1) is 16.0. The molecule has 2 aromatic carbocycles. The predicted octanol–water partition coefficient (Wildman–Crippen LogP) is 4.55. The van der Waals surface area contributed by atoms with Crippen LogP contribution in [0.4, 0.5) is 0 Å². The number of amides is 1. The summed E-state index contributed by atoms with van der Waals surface area (Å²) in [6, 6.07) is 13.3. The molecule has 0 radical (unpaired) electrons. The number of nitrogens with zero attached hydrogens (tertiary/aromatic N) is 4. The molecule has 0 bridgehead atoms. The third kappa shape index (κ3) is 3.93. The van der Waals surface area contributed by atoms with Gasteiger partial charge in [-0.2, -0.15) is 5.10 Å². The summed E-state index contributed by atoms with van der Waals surface area (Å²) in [7, 11) is 5.89. The minimum Gasteiger partial charge on any atom is -0.354 e. The number of rotatable bonds is 5. The van der Waals surface area contributed by atoms with Gasteiger partial charge in [0.1, 0.15) is 0 Å². The van der Waals surface area contributed by atoms with E-state index in [4.69, 9.17) is 0 Å². The van der Waals surface area contributed by atoms with Crippen LogP contribution < -0.4 is 0 Å². The van der Waals surface area contributed by atoms with Crippen molar-refractivity contribution in [2.75, 3.05) is 33.7 Å². The van der Waals surface area contributed by atoms with Gasteiger partial charge in [-0.3, -0.25) is 9.48 Å². The van der Waals surface area contributed by atoms with Crippen LogP contribution in [0.1, 0.15) is 36.8 Å². The van der Waals surface area contributed by atoms with Gasteiger partial charge < -0.3 is 14.8 Å². The van der Waals surface area contributed by atoms with Crippen LogP contribution in [-0.2, 0) is 18.3 Å². The van der Waals surface area contributed by atoms with Gasteiger partial charge in [-0.1, -0.05) is 25.1 Å². The Bertz CT molecular complexity index is 1310. The van der Waals surface area contributed by atoms with Gasteiger partial charge in [-0.15, -0.1) is 0 Å². The molecule has 2 aromatic heterocycles. The van der Waals surface area contributed by atoms with E-state index < -0.39 is 0 Å². The summed E-state index contributed by atoms with van der Waals surface area (Å²) >= 11 is 0. The number of benzene rings is 2. The van der Waals surface area contributed by atoms with E-state index in [0.717, 1.165) is 37.9 Å². The fraction of sp³-hybridized carbons (Fsp3) is 0.407. The van der Waals surface area contributed by atoms with Gasteiger partial charge in [0.05, 0.1) is 24.0 Å². The SMILES string of the molecule is CCc1c(-c2cccc3c2cnn3C)[nH]c2ccc(C3CCN(C(=O)CN(C)C)CC3)cc12. The number of hydrogen-bond acceptors (Lipinski definition) is 3. The number of carbonyl (C=O) groups is 1. The lowest BCUT2D eigenvalue weighted by Crippen LogP contribution is -2.42. The zero-order chi connectivity index (χ0) is 23.1. The van der Waals surface area contributed by atoms with Crippen molar-refractivity contribution < 1.29 is 4.79 Å². The van der Waals surface area contributed by atoms with Crippen molar-refractivity contribution in [1.29, 1.82) is 0 Å². The van der Waals surface area contributed by atoms with Gasteiger partial charge in [-0.05, 0) is 68.6 Å². The second-order valence-corrected chi connectivity index (χ2v) is 9.54. The summed E-state index contributed by atoms with van der Waals surface area (Å²) < 4.78 is 1.93. The van der Waals surface area contributed by atoms with E-state index in [0.29, 0.717) is 12.5 Å². The fourth-order valence-corrected chi connectivity index (χ4v) is 5.34. The first-order valence-corrected chi connectivity index (χ1v) is 11.9. The molecule has 1 saturated heterocycles. The number of H-pyrrole nitrogens is 1. The largest absolute Gasteiger partial charge is 0.354 e. The van der Waals surface area contributed by atoms with Crippen LogP contribution >= 0.6 is 0 Å². The van der Waals surface area contributed by atoms with E-state index in [-0.39, 0.29) is 5.91 Å². The van der Waals surface area contributed by atoms with Gasteiger partial charge >= 0.3 is 0 Å². The van der Waals surface area contributed by atoms with Gasteiger partial charge in [0.15, 0.2) is 0 Å². The van der Waals surface area contributed by atoms with E-state index in [1.165, 1.54) is 38.7 Å². The molecule has 1 fully saturated rings. The van der Waals surface area contributed by atoms with Gasteiger partial charge in [0.2, 0.25) is 5.91 Å². The van der Waals surface area contributed by atoms with Crippen LogP contribution in [0.15, 0.2) is 42.6 Å². The first-order valence-electron chi connectivity index (χ1n) is 11.9. The lowest BCUT2D eigenvalue weighted by molar-refractivity contribution is -0.132. The normalized spacial score (nSPS) is 15.2. The summed E-state index contributed by atoms with van der Waals surface area (Å²) in [5.74, 6) is 0.740. The Balaban J connectivity index is 1.45. The summed E-state index contributed by atoms with van der Waals surface area (Å²) in [6.07, 6.45) is 4.98. The quantitative estimate of drug-likeness (QED) is 0.492. The van der Waals surface area contributed by atoms with E-state index in [1.54, 1.807) is 0 Å². The summed E-state index contributed by atoms with van der Waals surface area (Å²) in [6.45, 7) is 4.41. The van der Waals surface area contributed by atoms with Gasteiger partial charge in [0.25, 0.3) is 0 Å². The van der Waals surface area contributed by atoms with Crippen molar-refractivity contribution >= 4 is 27.7 Å². The highest BCUT2D eigenvalue weighted by Gasteiger charge is 2.25. The Morgan fingerprint density at radius 3 is 2.67 bits per heavy atom. The molecular weight excluding hydrogens is 410 g/mol. The molecule has 1 aliphatic heterocycles. The molecule has 4 aromatic rings. The van der Waals surface area contributed by atoms with Crippen LogP contribution in [0, 0.1) is 0 Å². The average Bonchev–Trinajstić information content (AvgIpc) is 3.38. The smallest absolute Gasteiger partial charge is 0.236 e. The number of likely N-dealkylation sites (N-methyl/N-ethyl adjacent to an activating group) is 1. The van der Waals surface area contributed by atoms with Crippen molar-refractivity contribution in [2.24, 2.45) is 7.05 Å². The Morgan fingerprint density at radius 2 is 1.94 bits per heavy atom. The maximum atomic E-state index is 12.4. The number of aromatic nitrogens is 3. The number of carbonyl (C=O) groups excluding carboxylic acids is 1. The van der Waals surface area contributed by atoms with E-state index >= 15 is 0 Å². The van der Waals surface area contributed by atoms with Gasteiger partial charge in [-0.25, -0.2) is 0 Å². The number of aryl methyl sites for hydroxylation is 2. The molecule has 6 heteroatoms. The van der Waals surface area contributed by atoms with Crippen molar-refractivity contribution in [2.45, 2.75) is 32.1 Å². The molecule has 0 aliphatic carbocycles. The molecule has 5 rings (SSSR count). The maximum Gasteiger partial charge on any atom is 0.236 e. The van der Waals surface area contributed by atoms with E-state index in [9.17, 15) is 4.79 Å². The van der Waals surface area contributed by atoms with Gasteiger partial charge in [0, 0.05) is 42.0 Å². The summed E-state index contributed by atoms with van der Waals surface area (Å²) in [5, 5.41) is 6.97. The highest BCUT2D eigenvalue weighted by molar-refractivity contribution is 5.99. The minimum atomic E-state index is 0.238. The zero-order valence-corrected chi connectivity index (χ0v) is 20.1. The predicted molar refractivity (Wildman–Crippen MR) is 134 cm³/mol. The molecule has 1 amide bonds. The first kappa shape index (κ1) is 21.7. The third-order valence-corrected chi connectivity index (χ3v) is 7.12. The Morgan fingerprint density at radius 1 is 1.15 bits per heavy atom. The molecule has 1 N–H and O–H groups in total. The number of fused-ring (bicyclic) bond motifs is 2. The molecule has 33 heavy (non-hydrogen) atoms. The fourth-order valence-electron chi connectivity index (χ4n) is 5.34. The Kier molecular flexibility index (Phi) is 5.71. The lowest BCUT2D eigenvalue weighted by Gasteiger charge is -2.33. The molecule has 6 nitrogen and oxygen atoms in total. The lowest BCUT2D eigenvalue weighted by atomic mass is 9.88. The molecule has 0 atom stereocenters. The third-order valence-electron chi connectivity index (χ3n) is 7.12. The summed E-state index contributed by atoms with van der Waals surface area (Å²) in [4.78, 5) is 20.1. The molecule has 1 aliphatic rings. The maximum absolute atomic E-state index is 12.4. The zero-order valence-electron chi connectivity index (χ0n) is 20.1. The van der Waals surface area contributed by atoms with E-state index in [1.807, 2.05) is 41.8 Å². The topological polar surface area (TPSA) is 57.2 Å². The standard InChI is InChI=1S/C27H33N5O/c1-5-20-22-15-19(18-11-13-32(14-12-18)26(33)17-30(2)3)9-10-24(22)29-27(20)21-7-6-8-25-23(21)16-28-31(25)4/h6-10,15-16,18,29H,5,11-14,17H2,1-4H3. The molecule has 0 unspecified atom stereocenters. The summed E-state index contributed by atoms with van der Waals surface area (Å²) in [5.41, 5.74) is 7.49. The van der Waals surface area contributed by atoms with Crippen LogP contribution in [0.5, 0.6) is 0 Å². The molecule has 172 valence electrons. The monoisotopic (exact) mass is 443 g/mol. The minimum absolute atomic E-state index is 0.238. The molecule has 0 spiro atoms. The number of piperidine rings is 1.